The third kappa shape index (κ3) is 3.86. The van der Waals surface area contributed by atoms with Crippen molar-refractivity contribution in [3.63, 3.8) is 0 Å². The van der Waals surface area contributed by atoms with Gasteiger partial charge in [-0.2, -0.15) is 0 Å². The second-order valence-corrected chi connectivity index (χ2v) is 5.66. The predicted octanol–water partition coefficient (Wildman–Crippen LogP) is 2.42. The topological polar surface area (TPSA) is 80.3 Å². The van der Waals surface area contributed by atoms with Gasteiger partial charge in [-0.3, -0.25) is 25.4 Å². The molecule has 2 N–H and O–H groups in total. The first-order valence-electron chi connectivity index (χ1n) is 6.07. The summed E-state index contributed by atoms with van der Waals surface area (Å²) < 4.78 is 5.90. The first-order chi connectivity index (χ1) is 10.5. The zero-order valence-electron chi connectivity index (χ0n) is 11.4. The number of pyridine rings is 1. The van der Waals surface area contributed by atoms with Crippen LogP contribution in [0.4, 0.5) is 0 Å². The number of halogens is 2. The van der Waals surface area contributed by atoms with E-state index < -0.39 is 11.8 Å². The molecule has 0 aliphatic carbocycles. The molecule has 0 unspecified atom stereocenters. The van der Waals surface area contributed by atoms with Gasteiger partial charge in [0, 0.05) is 9.77 Å². The van der Waals surface area contributed by atoms with Crippen LogP contribution in [0.3, 0.4) is 0 Å². The minimum absolute atomic E-state index is 0.190. The molecule has 8 heteroatoms. The van der Waals surface area contributed by atoms with Crippen LogP contribution in [0.15, 0.2) is 36.5 Å². The molecule has 0 aliphatic heterocycles. The zero-order valence-corrected chi connectivity index (χ0v) is 14.3. The molecule has 1 heterocycles. The van der Waals surface area contributed by atoms with Crippen molar-refractivity contribution in [1.29, 1.82) is 0 Å². The van der Waals surface area contributed by atoms with E-state index in [4.69, 9.17) is 16.3 Å². The van der Waals surface area contributed by atoms with E-state index in [1.54, 1.807) is 18.2 Å². The number of nitrogens with zero attached hydrogens (tertiary/aromatic N) is 1. The molecule has 0 aliphatic rings. The normalized spacial score (nSPS) is 9.95. The van der Waals surface area contributed by atoms with Crippen LogP contribution >= 0.6 is 34.2 Å². The molecular formula is C14H11ClIN3O3. The van der Waals surface area contributed by atoms with Crippen molar-refractivity contribution in [3.8, 4) is 5.75 Å². The second kappa shape index (κ2) is 7.41. The lowest BCUT2D eigenvalue weighted by atomic mass is 10.2. The molecule has 22 heavy (non-hydrogen) atoms. The van der Waals surface area contributed by atoms with Crippen LogP contribution in [0.25, 0.3) is 0 Å². The molecule has 1 aromatic heterocycles. The van der Waals surface area contributed by atoms with E-state index in [2.05, 4.69) is 15.8 Å². The lowest BCUT2D eigenvalue weighted by molar-refractivity contribution is 0.0842. The molecule has 1 aromatic carbocycles. The molecule has 2 rings (SSSR count). The van der Waals surface area contributed by atoms with Crippen molar-refractivity contribution >= 4 is 46.0 Å². The molecule has 0 radical (unpaired) electrons. The maximum absolute atomic E-state index is 12.1. The smallest absolute Gasteiger partial charge is 0.288 e. The maximum atomic E-state index is 12.1. The summed E-state index contributed by atoms with van der Waals surface area (Å²) in [5, 5.41) is 0.419. The molecule has 6 nitrogen and oxygen atoms in total. The lowest BCUT2D eigenvalue weighted by Gasteiger charge is -2.11. The first-order valence-corrected chi connectivity index (χ1v) is 7.53. The summed E-state index contributed by atoms with van der Waals surface area (Å²) in [5.74, 6) is -0.706. The van der Waals surface area contributed by atoms with Gasteiger partial charge in [0.25, 0.3) is 11.8 Å². The van der Waals surface area contributed by atoms with Crippen LogP contribution in [-0.4, -0.2) is 23.9 Å². The van der Waals surface area contributed by atoms with E-state index in [1.807, 2.05) is 22.6 Å². The number of amides is 2. The molecule has 2 aromatic rings. The third-order valence-corrected chi connectivity index (χ3v) is 4.20. The first kappa shape index (κ1) is 16.5. The Morgan fingerprint density at radius 1 is 1.23 bits per heavy atom. The zero-order chi connectivity index (χ0) is 16.1. The van der Waals surface area contributed by atoms with Crippen LogP contribution in [0.5, 0.6) is 5.75 Å². The Hall–Kier alpha value is -1.87. The number of hydrazine groups is 1. The summed E-state index contributed by atoms with van der Waals surface area (Å²) in [7, 11) is 1.45. The average molecular weight is 432 g/mol. The Morgan fingerprint density at radius 3 is 2.59 bits per heavy atom. The van der Waals surface area contributed by atoms with Crippen LogP contribution in [0, 0.1) is 3.57 Å². The van der Waals surface area contributed by atoms with Gasteiger partial charge in [-0.25, -0.2) is 0 Å². The monoisotopic (exact) mass is 431 g/mol. The molecule has 0 saturated carbocycles. The van der Waals surface area contributed by atoms with Gasteiger partial charge in [-0.15, -0.1) is 0 Å². The van der Waals surface area contributed by atoms with Gasteiger partial charge < -0.3 is 4.74 Å². The summed E-state index contributed by atoms with van der Waals surface area (Å²) in [6.07, 6.45) is 1.48. The summed E-state index contributed by atoms with van der Waals surface area (Å²) in [6.45, 7) is 0. The highest BCUT2D eigenvalue weighted by Crippen LogP contribution is 2.28. The predicted molar refractivity (Wildman–Crippen MR) is 89.9 cm³/mol. The fourth-order valence-electron chi connectivity index (χ4n) is 1.62. The van der Waals surface area contributed by atoms with Crippen molar-refractivity contribution in [1.82, 2.24) is 15.8 Å². The molecule has 114 valence electrons. The number of methoxy groups -OCH3 is 1. The highest BCUT2D eigenvalue weighted by atomic mass is 127. The Labute approximate surface area is 145 Å². The SMILES string of the molecule is COc1cc(I)c(Cl)cc1C(=O)NNC(=O)c1ccccn1. The van der Waals surface area contributed by atoms with Crippen LogP contribution in [-0.2, 0) is 0 Å². The van der Waals surface area contributed by atoms with Gasteiger partial charge in [0.2, 0.25) is 0 Å². The number of hydrogen-bond acceptors (Lipinski definition) is 4. The van der Waals surface area contributed by atoms with Crippen molar-refractivity contribution in [3.05, 3.63) is 56.4 Å². The van der Waals surface area contributed by atoms with E-state index in [9.17, 15) is 9.59 Å². The van der Waals surface area contributed by atoms with Gasteiger partial charge in [-0.1, -0.05) is 17.7 Å². The van der Waals surface area contributed by atoms with E-state index in [-0.39, 0.29) is 11.3 Å². The van der Waals surface area contributed by atoms with Crippen LogP contribution < -0.4 is 15.6 Å². The van der Waals surface area contributed by atoms with Crippen molar-refractivity contribution in [2.45, 2.75) is 0 Å². The maximum Gasteiger partial charge on any atom is 0.288 e. The molecule has 0 bridgehead atoms. The van der Waals surface area contributed by atoms with E-state index >= 15 is 0 Å². The molecule has 0 saturated heterocycles. The van der Waals surface area contributed by atoms with Gasteiger partial charge >= 0.3 is 0 Å². The standard InChI is InChI=1S/C14H11ClIN3O3/c1-22-12-7-10(16)9(15)6-8(12)13(20)18-19-14(21)11-4-2-3-5-17-11/h2-7H,1H3,(H,18,20)(H,19,21). The Balaban J connectivity index is 2.10. The number of hydrogen-bond donors (Lipinski definition) is 2. The minimum Gasteiger partial charge on any atom is -0.496 e. The molecule has 0 fully saturated rings. The largest absolute Gasteiger partial charge is 0.496 e. The molecular weight excluding hydrogens is 421 g/mol. The molecule has 0 atom stereocenters. The Morgan fingerprint density at radius 2 is 1.95 bits per heavy atom. The number of aromatic nitrogens is 1. The van der Waals surface area contributed by atoms with Gasteiger partial charge in [0.15, 0.2) is 0 Å². The van der Waals surface area contributed by atoms with Crippen molar-refractivity contribution in [2.75, 3.05) is 7.11 Å². The second-order valence-electron chi connectivity index (χ2n) is 4.09. The Kier molecular flexibility index (Phi) is 5.56. The van der Waals surface area contributed by atoms with E-state index in [1.165, 1.54) is 25.4 Å². The summed E-state index contributed by atoms with van der Waals surface area (Å²) in [5.41, 5.74) is 4.99. The van der Waals surface area contributed by atoms with E-state index in [0.717, 1.165) is 3.57 Å². The Bertz CT molecular complexity index is 710. The van der Waals surface area contributed by atoms with Gasteiger partial charge in [0.05, 0.1) is 17.7 Å². The van der Waals surface area contributed by atoms with Crippen molar-refractivity contribution in [2.24, 2.45) is 0 Å². The van der Waals surface area contributed by atoms with Crippen LogP contribution in [0.2, 0.25) is 5.02 Å². The van der Waals surface area contributed by atoms with E-state index in [0.29, 0.717) is 10.8 Å². The summed E-state index contributed by atoms with van der Waals surface area (Å²) >= 11 is 8.04. The fourth-order valence-corrected chi connectivity index (χ4v) is 2.22. The van der Waals surface area contributed by atoms with Crippen molar-refractivity contribution < 1.29 is 14.3 Å². The van der Waals surface area contributed by atoms with Crippen LogP contribution in [0.1, 0.15) is 20.8 Å². The summed E-state index contributed by atoms with van der Waals surface area (Å²) in [4.78, 5) is 27.8. The average Bonchev–Trinajstić information content (AvgIpc) is 2.55. The third-order valence-electron chi connectivity index (χ3n) is 2.67. The minimum atomic E-state index is -0.542. The van der Waals surface area contributed by atoms with Gasteiger partial charge in [0.1, 0.15) is 11.4 Å². The number of rotatable bonds is 3. The number of carbonyl (C=O) groups is 2. The lowest BCUT2D eigenvalue weighted by Crippen LogP contribution is -2.42. The number of carbonyl (C=O) groups excluding carboxylic acids is 2. The molecule has 0 spiro atoms. The fraction of sp³-hybridized carbons (Fsp3) is 0.0714. The highest BCUT2D eigenvalue weighted by molar-refractivity contribution is 14.1. The highest BCUT2D eigenvalue weighted by Gasteiger charge is 2.16. The van der Waals surface area contributed by atoms with Gasteiger partial charge in [-0.05, 0) is 46.9 Å². The number of benzene rings is 1. The molecule has 2 amide bonds. The summed E-state index contributed by atoms with van der Waals surface area (Å²) in [6, 6.07) is 8.01. The number of nitrogens with one attached hydrogen (secondary N) is 2. The quantitative estimate of drug-likeness (QED) is 0.578. The number of ether oxygens (including phenoxy) is 1.